The number of halogens is 2. The van der Waals surface area contributed by atoms with Crippen LogP contribution in [-0.4, -0.2) is 21.0 Å². The van der Waals surface area contributed by atoms with Gasteiger partial charge in [-0.05, 0) is 6.07 Å². The van der Waals surface area contributed by atoms with Gasteiger partial charge in [0.05, 0.1) is 23.8 Å². The zero-order valence-corrected chi connectivity index (χ0v) is 7.08. The molecule has 0 aliphatic carbocycles. The Labute approximate surface area is 77.2 Å². The first-order chi connectivity index (χ1) is 6.68. The number of aromatic nitrogens is 3. The van der Waals surface area contributed by atoms with E-state index in [9.17, 15) is 13.6 Å². The summed E-state index contributed by atoms with van der Waals surface area (Å²) in [5.41, 5.74) is 0.386. The zero-order valence-electron chi connectivity index (χ0n) is 7.08. The number of imidazole rings is 1. The van der Waals surface area contributed by atoms with Crippen LogP contribution in [0.15, 0.2) is 23.3 Å². The molecule has 14 heavy (non-hydrogen) atoms. The van der Waals surface area contributed by atoms with Crippen molar-refractivity contribution in [3.05, 3.63) is 28.9 Å². The monoisotopic (exact) mass is 199 g/mol. The third kappa shape index (κ3) is 1.39. The quantitative estimate of drug-likeness (QED) is 0.784. The van der Waals surface area contributed by atoms with E-state index in [1.807, 2.05) is 0 Å². The van der Waals surface area contributed by atoms with Crippen molar-refractivity contribution in [1.29, 1.82) is 0 Å². The van der Waals surface area contributed by atoms with E-state index in [-0.39, 0.29) is 0 Å². The lowest BCUT2D eigenvalue weighted by molar-refractivity contribution is 0.127. The number of alkyl halides is 2. The van der Waals surface area contributed by atoms with Crippen molar-refractivity contribution in [1.82, 2.24) is 14.5 Å². The number of nitrogens with one attached hydrogen (secondary N) is 1. The average molecular weight is 199 g/mol. The molecule has 0 aliphatic heterocycles. The average Bonchev–Trinajstić information content (AvgIpc) is 2.43. The highest BCUT2D eigenvalue weighted by Gasteiger charge is 2.10. The summed E-state index contributed by atoms with van der Waals surface area (Å²) >= 11 is 0. The molecule has 0 unspecified atom stereocenters. The molecule has 2 heterocycles. The first-order valence-electron chi connectivity index (χ1n) is 3.99. The van der Waals surface area contributed by atoms with Crippen LogP contribution in [0.5, 0.6) is 0 Å². The van der Waals surface area contributed by atoms with Gasteiger partial charge in [0.2, 0.25) is 0 Å². The van der Waals surface area contributed by atoms with Crippen LogP contribution in [0.1, 0.15) is 0 Å². The molecule has 0 saturated heterocycles. The molecule has 0 aliphatic rings. The van der Waals surface area contributed by atoms with Crippen molar-refractivity contribution >= 4 is 11.0 Å². The SMILES string of the molecule is O=c1[nH]c2ccncc2n1CC(F)F. The Kier molecular flexibility index (Phi) is 2.03. The molecule has 2 aromatic heterocycles. The van der Waals surface area contributed by atoms with Gasteiger partial charge in [-0.15, -0.1) is 0 Å². The van der Waals surface area contributed by atoms with Crippen molar-refractivity contribution in [2.45, 2.75) is 13.0 Å². The van der Waals surface area contributed by atoms with Crippen molar-refractivity contribution in [2.24, 2.45) is 0 Å². The Morgan fingerprint density at radius 2 is 2.36 bits per heavy atom. The number of pyridine rings is 1. The van der Waals surface area contributed by atoms with Gasteiger partial charge < -0.3 is 4.98 Å². The van der Waals surface area contributed by atoms with Gasteiger partial charge in [0, 0.05) is 6.20 Å². The summed E-state index contributed by atoms with van der Waals surface area (Å²) in [4.78, 5) is 17.5. The summed E-state index contributed by atoms with van der Waals surface area (Å²) in [7, 11) is 0. The van der Waals surface area contributed by atoms with E-state index in [0.29, 0.717) is 11.0 Å². The third-order valence-corrected chi connectivity index (χ3v) is 1.90. The van der Waals surface area contributed by atoms with Gasteiger partial charge in [-0.25, -0.2) is 13.6 Å². The Hall–Kier alpha value is -1.72. The Morgan fingerprint density at radius 3 is 3.07 bits per heavy atom. The fraction of sp³-hybridized carbons (Fsp3) is 0.250. The zero-order chi connectivity index (χ0) is 10.1. The highest BCUT2D eigenvalue weighted by molar-refractivity contribution is 5.73. The van der Waals surface area contributed by atoms with E-state index in [0.717, 1.165) is 4.57 Å². The second-order valence-corrected chi connectivity index (χ2v) is 2.82. The van der Waals surface area contributed by atoms with Crippen molar-refractivity contribution in [3.63, 3.8) is 0 Å². The lowest BCUT2D eigenvalue weighted by Gasteiger charge is -2.00. The van der Waals surface area contributed by atoms with Crippen LogP contribution in [0.25, 0.3) is 11.0 Å². The van der Waals surface area contributed by atoms with Gasteiger partial charge in [0.15, 0.2) is 0 Å². The fourth-order valence-corrected chi connectivity index (χ4v) is 1.32. The van der Waals surface area contributed by atoms with E-state index >= 15 is 0 Å². The predicted molar refractivity (Wildman–Crippen MR) is 46.4 cm³/mol. The molecule has 0 radical (unpaired) electrons. The molecule has 4 nitrogen and oxygen atoms in total. The molecule has 1 N–H and O–H groups in total. The molecule has 0 bridgehead atoms. The lowest BCUT2D eigenvalue weighted by Crippen LogP contribution is -2.20. The minimum Gasteiger partial charge on any atom is -0.305 e. The van der Waals surface area contributed by atoms with Crippen molar-refractivity contribution < 1.29 is 8.78 Å². The number of rotatable bonds is 2. The molecule has 0 saturated carbocycles. The maximum Gasteiger partial charge on any atom is 0.326 e. The molecular formula is C8H7F2N3O. The second kappa shape index (κ2) is 3.21. The normalized spacial score (nSPS) is 11.4. The van der Waals surface area contributed by atoms with Gasteiger partial charge in [-0.1, -0.05) is 0 Å². The number of H-pyrrole nitrogens is 1. The van der Waals surface area contributed by atoms with E-state index in [4.69, 9.17) is 0 Å². The van der Waals surface area contributed by atoms with Crippen molar-refractivity contribution in [2.75, 3.05) is 0 Å². The fourth-order valence-electron chi connectivity index (χ4n) is 1.32. The van der Waals surface area contributed by atoms with Crippen LogP contribution in [-0.2, 0) is 6.54 Å². The van der Waals surface area contributed by atoms with Crippen LogP contribution in [0, 0.1) is 0 Å². The summed E-state index contributed by atoms with van der Waals surface area (Å²) in [6.45, 7) is -0.607. The van der Waals surface area contributed by atoms with Crippen LogP contribution in [0.2, 0.25) is 0 Å². The summed E-state index contributed by atoms with van der Waals surface area (Å²) in [5, 5.41) is 0. The van der Waals surface area contributed by atoms with Crippen LogP contribution < -0.4 is 5.69 Å². The maximum atomic E-state index is 12.1. The molecule has 6 heteroatoms. The van der Waals surface area contributed by atoms with Gasteiger partial charge in [0.25, 0.3) is 6.43 Å². The molecule has 0 spiro atoms. The highest BCUT2D eigenvalue weighted by atomic mass is 19.3. The van der Waals surface area contributed by atoms with Gasteiger partial charge >= 0.3 is 5.69 Å². The molecule has 74 valence electrons. The number of hydrogen-bond acceptors (Lipinski definition) is 2. The number of aromatic amines is 1. The standard InChI is InChI=1S/C8H7F2N3O/c9-7(10)4-13-6-3-11-2-1-5(6)12-8(13)14/h1-3,7H,4H2,(H,12,14). The number of fused-ring (bicyclic) bond motifs is 1. The highest BCUT2D eigenvalue weighted by Crippen LogP contribution is 2.08. The first kappa shape index (κ1) is 8.86. The van der Waals surface area contributed by atoms with Crippen LogP contribution >= 0.6 is 0 Å². The van der Waals surface area contributed by atoms with E-state index in [1.165, 1.54) is 12.4 Å². The summed E-state index contributed by atoms with van der Waals surface area (Å²) in [5.74, 6) is 0. The molecular weight excluding hydrogens is 192 g/mol. The van der Waals surface area contributed by atoms with E-state index in [2.05, 4.69) is 9.97 Å². The topological polar surface area (TPSA) is 50.7 Å². The third-order valence-electron chi connectivity index (χ3n) is 1.90. The summed E-state index contributed by atoms with van der Waals surface area (Å²) in [6.07, 6.45) is 0.326. The largest absolute Gasteiger partial charge is 0.326 e. The maximum absolute atomic E-state index is 12.1. The molecule has 0 fully saturated rings. The van der Waals surface area contributed by atoms with Crippen LogP contribution in [0.4, 0.5) is 8.78 Å². The molecule has 0 atom stereocenters. The van der Waals surface area contributed by atoms with Crippen molar-refractivity contribution in [3.8, 4) is 0 Å². The van der Waals surface area contributed by atoms with Crippen LogP contribution in [0.3, 0.4) is 0 Å². The smallest absolute Gasteiger partial charge is 0.305 e. The summed E-state index contributed by atoms with van der Waals surface area (Å²) in [6, 6.07) is 1.57. The van der Waals surface area contributed by atoms with E-state index in [1.54, 1.807) is 6.07 Å². The van der Waals surface area contributed by atoms with E-state index < -0.39 is 18.7 Å². The minimum atomic E-state index is -2.55. The lowest BCUT2D eigenvalue weighted by atomic mass is 10.4. The van der Waals surface area contributed by atoms with Gasteiger partial charge in [-0.2, -0.15) is 0 Å². The molecule has 0 amide bonds. The predicted octanol–water partition coefficient (Wildman–Crippen LogP) is 0.990. The molecule has 2 rings (SSSR count). The molecule has 2 aromatic rings. The second-order valence-electron chi connectivity index (χ2n) is 2.82. The Morgan fingerprint density at radius 1 is 1.57 bits per heavy atom. The van der Waals surface area contributed by atoms with Gasteiger partial charge in [0.1, 0.15) is 0 Å². The number of nitrogens with zero attached hydrogens (tertiary/aromatic N) is 2. The first-order valence-corrected chi connectivity index (χ1v) is 3.99. The number of hydrogen-bond donors (Lipinski definition) is 1. The van der Waals surface area contributed by atoms with Gasteiger partial charge in [-0.3, -0.25) is 9.55 Å². The molecule has 0 aromatic carbocycles. The Bertz CT molecular complexity index is 503. The Balaban J connectivity index is 2.62. The summed E-state index contributed by atoms with van der Waals surface area (Å²) < 4.78 is 25.2. The minimum absolute atomic E-state index is 0.401.